The Bertz CT molecular complexity index is 1320. The highest BCUT2D eigenvalue weighted by atomic mass is 16.2. The lowest BCUT2D eigenvalue weighted by Gasteiger charge is -2.22. The molecule has 0 radical (unpaired) electrons. The maximum Gasteiger partial charge on any atom is 0.242 e. The fraction of sp³-hybridized carbons (Fsp3) is 0.344. The van der Waals surface area contributed by atoms with E-state index in [2.05, 4.69) is 43.4 Å². The fourth-order valence-corrected chi connectivity index (χ4v) is 4.80. The Balaban J connectivity index is 1.32. The van der Waals surface area contributed by atoms with Crippen LogP contribution in [0.15, 0.2) is 78.9 Å². The zero-order valence-electron chi connectivity index (χ0n) is 22.5. The van der Waals surface area contributed by atoms with Crippen molar-refractivity contribution in [3.8, 4) is 11.1 Å². The lowest BCUT2D eigenvalue weighted by molar-refractivity contribution is -0.131. The molecule has 6 nitrogen and oxygen atoms in total. The van der Waals surface area contributed by atoms with E-state index in [9.17, 15) is 9.59 Å². The summed E-state index contributed by atoms with van der Waals surface area (Å²) >= 11 is 0. The first-order valence-electron chi connectivity index (χ1n) is 13.7. The first-order valence-corrected chi connectivity index (χ1v) is 13.7. The molecule has 2 amide bonds. The third kappa shape index (κ3) is 7.09. The molecule has 1 N–H and O–H groups in total. The summed E-state index contributed by atoms with van der Waals surface area (Å²) < 4.78 is 2.05. The molecule has 6 heteroatoms. The van der Waals surface area contributed by atoms with Crippen LogP contribution < -0.4 is 5.32 Å². The number of fused-ring (bicyclic) bond motifs is 1. The number of imidazole rings is 1. The van der Waals surface area contributed by atoms with Crippen LogP contribution in [0.3, 0.4) is 0 Å². The van der Waals surface area contributed by atoms with E-state index >= 15 is 0 Å². The standard InChI is InChI=1S/C32H38N4O2/c1-3-21-35(22-4-2)32(38)24-36-29-14-9-8-13-28(29)34-30(36)15-10-20-33-31(37)23-25-16-18-27(19-17-25)26-11-6-5-7-12-26/h5-9,11-14,16-19H,3-4,10,15,20-24H2,1-2H3,(H,33,37). The molecule has 4 rings (SSSR count). The van der Waals surface area contributed by atoms with Crippen LogP contribution in [0.1, 0.15) is 44.5 Å². The van der Waals surface area contributed by atoms with Crippen LogP contribution in [0.2, 0.25) is 0 Å². The number of rotatable bonds is 13. The second-order valence-corrected chi connectivity index (χ2v) is 9.68. The molecule has 1 heterocycles. The molecule has 0 saturated carbocycles. The van der Waals surface area contributed by atoms with Crippen LogP contribution >= 0.6 is 0 Å². The largest absolute Gasteiger partial charge is 0.356 e. The Labute approximate surface area is 225 Å². The molecule has 0 fully saturated rings. The Kier molecular flexibility index (Phi) is 9.68. The summed E-state index contributed by atoms with van der Waals surface area (Å²) in [4.78, 5) is 32.4. The first-order chi connectivity index (χ1) is 18.6. The van der Waals surface area contributed by atoms with Gasteiger partial charge in [-0.2, -0.15) is 0 Å². The summed E-state index contributed by atoms with van der Waals surface area (Å²) in [5.74, 6) is 1.03. The van der Waals surface area contributed by atoms with Gasteiger partial charge in [-0.1, -0.05) is 80.6 Å². The predicted octanol–water partition coefficient (Wildman–Crippen LogP) is 5.64. The van der Waals surface area contributed by atoms with Crippen LogP contribution in [0.25, 0.3) is 22.2 Å². The number of hydrogen-bond acceptors (Lipinski definition) is 3. The van der Waals surface area contributed by atoms with Gasteiger partial charge in [0.2, 0.25) is 11.8 Å². The number of amides is 2. The van der Waals surface area contributed by atoms with E-state index < -0.39 is 0 Å². The Morgan fingerprint density at radius 1 is 0.842 bits per heavy atom. The minimum absolute atomic E-state index is 0.0101. The number of nitrogens with zero attached hydrogens (tertiary/aromatic N) is 3. The van der Waals surface area contributed by atoms with Gasteiger partial charge in [-0.15, -0.1) is 0 Å². The van der Waals surface area contributed by atoms with Crippen LogP contribution in [-0.2, 0) is 29.0 Å². The van der Waals surface area contributed by atoms with E-state index in [4.69, 9.17) is 4.98 Å². The molecule has 0 spiro atoms. The van der Waals surface area contributed by atoms with Gasteiger partial charge in [0.15, 0.2) is 0 Å². The molecule has 38 heavy (non-hydrogen) atoms. The van der Waals surface area contributed by atoms with E-state index in [1.54, 1.807) is 0 Å². The molecule has 1 aromatic heterocycles. The van der Waals surface area contributed by atoms with Crippen molar-refractivity contribution in [1.82, 2.24) is 19.8 Å². The van der Waals surface area contributed by atoms with Gasteiger partial charge in [-0.25, -0.2) is 4.98 Å². The third-order valence-corrected chi connectivity index (χ3v) is 6.69. The van der Waals surface area contributed by atoms with Gasteiger partial charge in [-0.3, -0.25) is 9.59 Å². The summed E-state index contributed by atoms with van der Waals surface area (Å²) in [6, 6.07) is 26.3. The van der Waals surface area contributed by atoms with Gasteiger partial charge in [0, 0.05) is 26.1 Å². The molecule has 0 unspecified atom stereocenters. The Morgan fingerprint density at radius 3 is 2.21 bits per heavy atom. The van der Waals surface area contributed by atoms with Gasteiger partial charge in [-0.05, 0) is 48.1 Å². The quantitative estimate of drug-likeness (QED) is 0.237. The van der Waals surface area contributed by atoms with Crippen molar-refractivity contribution in [2.24, 2.45) is 0 Å². The number of aryl methyl sites for hydroxylation is 1. The molecule has 198 valence electrons. The molecule has 0 saturated heterocycles. The molecule has 0 aliphatic rings. The highest BCUT2D eigenvalue weighted by Crippen LogP contribution is 2.20. The average molecular weight is 511 g/mol. The van der Waals surface area contributed by atoms with Crippen LogP contribution in [0.5, 0.6) is 0 Å². The molecule has 4 aromatic rings. The minimum atomic E-state index is 0.0101. The lowest BCUT2D eigenvalue weighted by Crippen LogP contribution is -2.35. The lowest BCUT2D eigenvalue weighted by atomic mass is 10.0. The highest BCUT2D eigenvalue weighted by Gasteiger charge is 2.17. The molecule has 0 bridgehead atoms. The van der Waals surface area contributed by atoms with Crippen molar-refractivity contribution in [2.75, 3.05) is 19.6 Å². The maximum absolute atomic E-state index is 13.1. The van der Waals surface area contributed by atoms with Gasteiger partial charge in [0.25, 0.3) is 0 Å². The molecule has 3 aromatic carbocycles. The number of hydrogen-bond donors (Lipinski definition) is 1. The summed E-state index contributed by atoms with van der Waals surface area (Å²) in [7, 11) is 0. The minimum Gasteiger partial charge on any atom is -0.356 e. The number of nitrogens with one attached hydrogen (secondary N) is 1. The summed E-state index contributed by atoms with van der Waals surface area (Å²) in [5.41, 5.74) is 5.18. The highest BCUT2D eigenvalue weighted by molar-refractivity contribution is 5.81. The number of carbonyl (C=O) groups is 2. The van der Waals surface area contributed by atoms with Gasteiger partial charge in [0.05, 0.1) is 17.5 Å². The molecule has 0 aliphatic carbocycles. The Hall–Kier alpha value is -3.93. The second-order valence-electron chi connectivity index (χ2n) is 9.68. The monoisotopic (exact) mass is 510 g/mol. The normalized spacial score (nSPS) is 11.0. The fourth-order valence-electron chi connectivity index (χ4n) is 4.80. The van der Waals surface area contributed by atoms with Crippen molar-refractivity contribution in [2.45, 2.75) is 52.5 Å². The topological polar surface area (TPSA) is 67.2 Å². The average Bonchev–Trinajstić information content (AvgIpc) is 3.29. The number of aromatic nitrogens is 2. The van der Waals surface area contributed by atoms with E-state index in [0.29, 0.717) is 25.9 Å². The number of para-hydroxylation sites is 2. The molecular formula is C32H38N4O2. The van der Waals surface area contributed by atoms with Gasteiger partial charge >= 0.3 is 0 Å². The zero-order chi connectivity index (χ0) is 26.7. The van der Waals surface area contributed by atoms with Crippen molar-refractivity contribution in [3.63, 3.8) is 0 Å². The molecular weight excluding hydrogens is 472 g/mol. The second kappa shape index (κ2) is 13.6. The summed E-state index contributed by atoms with van der Waals surface area (Å²) in [6.45, 7) is 6.60. The zero-order valence-corrected chi connectivity index (χ0v) is 22.5. The van der Waals surface area contributed by atoms with Gasteiger partial charge < -0.3 is 14.8 Å². The van der Waals surface area contributed by atoms with Crippen molar-refractivity contribution in [3.05, 3.63) is 90.3 Å². The van der Waals surface area contributed by atoms with Crippen molar-refractivity contribution < 1.29 is 9.59 Å². The number of carbonyl (C=O) groups excluding carboxylic acids is 2. The van der Waals surface area contributed by atoms with Crippen LogP contribution in [0, 0.1) is 0 Å². The molecule has 0 aliphatic heterocycles. The van der Waals surface area contributed by atoms with Gasteiger partial charge in [0.1, 0.15) is 12.4 Å². The van der Waals surface area contributed by atoms with Crippen molar-refractivity contribution in [1.29, 1.82) is 0 Å². The Morgan fingerprint density at radius 2 is 1.50 bits per heavy atom. The predicted molar refractivity (Wildman–Crippen MR) is 154 cm³/mol. The summed E-state index contributed by atoms with van der Waals surface area (Å²) in [6.07, 6.45) is 3.69. The van der Waals surface area contributed by atoms with E-state index in [1.165, 1.54) is 5.56 Å². The smallest absolute Gasteiger partial charge is 0.242 e. The summed E-state index contributed by atoms with van der Waals surface area (Å²) in [5, 5.41) is 3.04. The van der Waals surface area contributed by atoms with E-state index in [-0.39, 0.29) is 11.8 Å². The van der Waals surface area contributed by atoms with Crippen LogP contribution in [0.4, 0.5) is 0 Å². The van der Waals surface area contributed by atoms with E-state index in [1.807, 2.05) is 64.1 Å². The van der Waals surface area contributed by atoms with E-state index in [0.717, 1.165) is 60.3 Å². The maximum atomic E-state index is 13.1. The van der Waals surface area contributed by atoms with Crippen LogP contribution in [-0.4, -0.2) is 45.9 Å². The number of benzene rings is 3. The molecule has 0 atom stereocenters. The first kappa shape index (κ1) is 27.1. The SMILES string of the molecule is CCCN(CCC)C(=O)Cn1c(CCCNC(=O)Cc2ccc(-c3ccccc3)cc2)nc2ccccc21. The van der Waals surface area contributed by atoms with Crippen molar-refractivity contribution >= 4 is 22.8 Å². The third-order valence-electron chi connectivity index (χ3n) is 6.69.